The van der Waals surface area contributed by atoms with E-state index in [0.717, 1.165) is 38.5 Å². The standard InChI is InChI=1S/C72H140NO8P/c1-6-8-10-12-14-16-18-20-22-24-25-26-27-28-29-30-31-32-33-34-35-36-37-38-39-40-41-42-43-44-45-46-47-49-51-53-55-57-59-61-63-65-72(75)81-70(69-80-82(76,77)79-67-66-73(3,4)5)68-78-71(74)64-62-60-58-56-54-52-50-48-23-21-19-17-15-13-11-9-7-2/h18,20,24-25,70H,6-17,19,21-23,26-69H2,1-5H3/b20-18-,25-24-. The molecule has 0 rings (SSSR count). The van der Waals surface area contributed by atoms with E-state index in [0.29, 0.717) is 17.4 Å². The van der Waals surface area contributed by atoms with Crippen molar-refractivity contribution in [2.75, 3.05) is 47.5 Å². The van der Waals surface area contributed by atoms with Gasteiger partial charge in [0.15, 0.2) is 6.10 Å². The summed E-state index contributed by atoms with van der Waals surface area (Å²) in [6.45, 7) is 4.30. The first kappa shape index (κ1) is 80.5. The van der Waals surface area contributed by atoms with Crippen molar-refractivity contribution < 1.29 is 42.1 Å². The Bertz CT molecular complexity index is 1430. The second-order valence-electron chi connectivity index (χ2n) is 26.0. The van der Waals surface area contributed by atoms with Crippen LogP contribution < -0.4 is 4.89 Å². The van der Waals surface area contributed by atoms with Crippen LogP contribution in [0, 0.1) is 0 Å². The molecule has 82 heavy (non-hydrogen) atoms. The number of quaternary nitrogens is 1. The zero-order chi connectivity index (χ0) is 59.8. The van der Waals surface area contributed by atoms with Crippen molar-refractivity contribution in [1.29, 1.82) is 0 Å². The number of hydrogen-bond acceptors (Lipinski definition) is 8. The molecule has 0 saturated heterocycles. The maximum Gasteiger partial charge on any atom is 0.306 e. The number of esters is 2. The predicted octanol–water partition coefficient (Wildman–Crippen LogP) is 22.6. The van der Waals surface area contributed by atoms with Crippen LogP contribution in [0.15, 0.2) is 24.3 Å². The Labute approximate surface area is 510 Å². The Hall–Kier alpha value is -1.51. The number of carbonyl (C=O) groups excluding carboxylic acids is 2. The van der Waals surface area contributed by atoms with Gasteiger partial charge in [0.25, 0.3) is 7.82 Å². The normalized spacial score (nSPS) is 13.2. The summed E-state index contributed by atoms with van der Waals surface area (Å²) >= 11 is 0. The van der Waals surface area contributed by atoms with E-state index >= 15 is 0 Å². The Morgan fingerprint density at radius 3 is 0.963 bits per heavy atom. The van der Waals surface area contributed by atoms with Crippen LogP contribution in [-0.2, 0) is 32.7 Å². The van der Waals surface area contributed by atoms with Gasteiger partial charge in [-0.15, -0.1) is 0 Å². The predicted molar refractivity (Wildman–Crippen MR) is 351 cm³/mol. The second-order valence-corrected chi connectivity index (χ2v) is 27.4. The molecule has 0 radical (unpaired) electrons. The summed E-state index contributed by atoms with van der Waals surface area (Å²) in [5, 5.41) is 0. The summed E-state index contributed by atoms with van der Waals surface area (Å²) < 4.78 is 34.3. The zero-order valence-electron chi connectivity index (χ0n) is 55.5. The summed E-state index contributed by atoms with van der Waals surface area (Å²) in [6, 6.07) is 0. The lowest BCUT2D eigenvalue weighted by atomic mass is 10.0. The lowest BCUT2D eigenvalue weighted by molar-refractivity contribution is -0.870. The van der Waals surface area contributed by atoms with E-state index in [2.05, 4.69) is 38.2 Å². The summed E-state index contributed by atoms with van der Waals surface area (Å²) in [4.78, 5) is 38.0. The molecule has 0 saturated carbocycles. The minimum Gasteiger partial charge on any atom is -0.756 e. The first-order valence-corrected chi connectivity index (χ1v) is 37.5. The van der Waals surface area contributed by atoms with Crippen molar-refractivity contribution >= 4 is 19.8 Å². The minimum atomic E-state index is -4.63. The molecule has 9 nitrogen and oxygen atoms in total. The fourth-order valence-electron chi connectivity index (χ4n) is 10.9. The molecule has 10 heteroatoms. The van der Waals surface area contributed by atoms with Crippen molar-refractivity contribution in [3.8, 4) is 0 Å². The van der Waals surface area contributed by atoms with Gasteiger partial charge in [0, 0.05) is 12.8 Å². The summed E-state index contributed by atoms with van der Waals surface area (Å²) in [7, 11) is 1.19. The van der Waals surface area contributed by atoms with Crippen LogP contribution in [-0.4, -0.2) is 70.0 Å². The van der Waals surface area contributed by atoms with Gasteiger partial charge in [-0.2, -0.15) is 0 Å². The number of unbranched alkanes of at least 4 members (excludes halogenated alkanes) is 50. The van der Waals surface area contributed by atoms with Crippen LogP contribution in [0.25, 0.3) is 0 Å². The smallest absolute Gasteiger partial charge is 0.306 e. The molecule has 0 aliphatic heterocycles. The summed E-state index contributed by atoms with van der Waals surface area (Å²) in [5.74, 6) is -0.808. The Balaban J connectivity index is 3.84. The van der Waals surface area contributed by atoms with Gasteiger partial charge in [0.05, 0.1) is 27.7 Å². The SMILES string of the molecule is CCCCCCC/C=C\C/C=C\CCCCCCCCCCCCCCCCCCCCCCCCCCCCCCCC(=O)OC(COC(=O)CCCCCCCCCCCCCCCCCCC)COP(=O)([O-])OCC[N+](C)(C)C. The fourth-order valence-corrected chi connectivity index (χ4v) is 11.7. The monoisotopic (exact) mass is 1180 g/mol. The number of allylic oxidation sites excluding steroid dienone is 4. The number of ether oxygens (including phenoxy) is 2. The number of carbonyl (C=O) groups is 2. The van der Waals surface area contributed by atoms with Crippen LogP contribution in [0.1, 0.15) is 373 Å². The third kappa shape index (κ3) is 67.6. The van der Waals surface area contributed by atoms with Gasteiger partial charge in [-0.25, -0.2) is 0 Å². The first-order valence-electron chi connectivity index (χ1n) is 36.0. The Morgan fingerprint density at radius 2 is 0.659 bits per heavy atom. The summed E-state index contributed by atoms with van der Waals surface area (Å²) in [5.41, 5.74) is 0. The molecule has 0 aliphatic rings. The molecule has 2 unspecified atom stereocenters. The van der Waals surface area contributed by atoms with Gasteiger partial charge < -0.3 is 27.9 Å². The third-order valence-corrected chi connectivity index (χ3v) is 17.4. The van der Waals surface area contributed by atoms with E-state index < -0.39 is 26.5 Å². The highest BCUT2D eigenvalue weighted by molar-refractivity contribution is 7.45. The lowest BCUT2D eigenvalue weighted by Gasteiger charge is -2.28. The van der Waals surface area contributed by atoms with E-state index in [4.69, 9.17) is 18.5 Å². The largest absolute Gasteiger partial charge is 0.756 e. The molecule has 486 valence electrons. The Morgan fingerprint density at radius 1 is 0.378 bits per heavy atom. The lowest BCUT2D eigenvalue weighted by Crippen LogP contribution is -2.37. The molecule has 0 amide bonds. The van der Waals surface area contributed by atoms with Crippen molar-refractivity contribution in [2.45, 2.75) is 380 Å². The number of hydrogen-bond donors (Lipinski definition) is 0. The van der Waals surface area contributed by atoms with Gasteiger partial charge in [-0.05, 0) is 44.9 Å². The highest BCUT2D eigenvalue weighted by Crippen LogP contribution is 2.38. The highest BCUT2D eigenvalue weighted by Gasteiger charge is 2.22. The molecule has 0 aromatic carbocycles. The van der Waals surface area contributed by atoms with E-state index in [1.54, 1.807) is 0 Å². The van der Waals surface area contributed by atoms with Gasteiger partial charge in [0.1, 0.15) is 19.8 Å². The number of likely N-dealkylation sites (N-methyl/N-ethyl adjacent to an activating group) is 1. The average Bonchev–Trinajstić information content (AvgIpc) is 3.45. The molecule has 0 bridgehead atoms. The number of nitrogens with zero attached hydrogens (tertiary/aromatic N) is 1. The van der Waals surface area contributed by atoms with Crippen molar-refractivity contribution in [3.63, 3.8) is 0 Å². The first-order chi connectivity index (χ1) is 40.0. The Kier molecular flexibility index (Phi) is 62.8. The van der Waals surface area contributed by atoms with E-state index in [9.17, 15) is 19.0 Å². The quantitative estimate of drug-likeness (QED) is 0.0195. The number of phosphoric acid groups is 1. The van der Waals surface area contributed by atoms with Gasteiger partial charge in [-0.1, -0.05) is 340 Å². The molecule has 0 N–H and O–H groups in total. The minimum absolute atomic E-state index is 0.0261. The fraction of sp³-hybridized carbons (Fsp3) is 0.917. The van der Waals surface area contributed by atoms with E-state index in [1.807, 2.05) is 21.1 Å². The topological polar surface area (TPSA) is 111 Å². The van der Waals surface area contributed by atoms with Crippen LogP contribution in [0.5, 0.6) is 0 Å². The second kappa shape index (κ2) is 64.0. The van der Waals surface area contributed by atoms with Crippen LogP contribution >= 0.6 is 7.82 Å². The van der Waals surface area contributed by atoms with Crippen molar-refractivity contribution in [2.24, 2.45) is 0 Å². The maximum atomic E-state index is 12.8. The number of rotatable bonds is 68. The molecular formula is C72H140NO8P. The highest BCUT2D eigenvalue weighted by atomic mass is 31.2. The van der Waals surface area contributed by atoms with E-state index in [1.165, 1.54) is 302 Å². The molecule has 0 spiro atoms. The maximum absolute atomic E-state index is 12.8. The van der Waals surface area contributed by atoms with Crippen molar-refractivity contribution in [1.82, 2.24) is 0 Å². The number of phosphoric ester groups is 1. The molecule has 0 aliphatic carbocycles. The molecule has 0 heterocycles. The van der Waals surface area contributed by atoms with Crippen LogP contribution in [0.2, 0.25) is 0 Å². The molecular weight excluding hydrogens is 1040 g/mol. The third-order valence-electron chi connectivity index (χ3n) is 16.5. The summed E-state index contributed by atoms with van der Waals surface area (Å²) in [6.07, 6.45) is 80.0. The average molecular weight is 1180 g/mol. The molecule has 0 aromatic rings. The van der Waals surface area contributed by atoms with Crippen molar-refractivity contribution in [3.05, 3.63) is 24.3 Å². The van der Waals surface area contributed by atoms with Gasteiger partial charge in [-0.3, -0.25) is 14.2 Å². The van der Waals surface area contributed by atoms with Crippen LogP contribution in [0.3, 0.4) is 0 Å². The molecule has 0 aromatic heterocycles. The van der Waals surface area contributed by atoms with Crippen LogP contribution in [0.4, 0.5) is 0 Å². The van der Waals surface area contributed by atoms with E-state index in [-0.39, 0.29) is 32.0 Å². The molecule has 0 fully saturated rings. The molecule has 2 atom stereocenters. The van der Waals surface area contributed by atoms with Gasteiger partial charge >= 0.3 is 11.9 Å². The van der Waals surface area contributed by atoms with Gasteiger partial charge in [0.2, 0.25) is 0 Å². The zero-order valence-corrected chi connectivity index (χ0v) is 56.4.